The van der Waals surface area contributed by atoms with Crippen LogP contribution in [0.3, 0.4) is 0 Å². The van der Waals surface area contributed by atoms with Gasteiger partial charge in [-0.3, -0.25) is 19.9 Å². The van der Waals surface area contributed by atoms with Crippen LogP contribution in [0, 0.1) is 23.7 Å². The third-order valence-corrected chi connectivity index (χ3v) is 13.6. The second-order valence-corrected chi connectivity index (χ2v) is 17.7. The van der Waals surface area contributed by atoms with Crippen LogP contribution in [0.2, 0.25) is 0 Å². The summed E-state index contributed by atoms with van der Waals surface area (Å²) in [5.74, 6) is -3.42. The summed E-state index contributed by atoms with van der Waals surface area (Å²) < 4.78 is 31.7. The summed E-state index contributed by atoms with van der Waals surface area (Å²) in [6, 6.07) is 9.21. The number of aliphatic hydroxyl groups is 1. The average molecular weight is 796 g/mol. The standard InChI is InChI=1S/C43H65N5O9/c1-24-22-42(7,53-11)38(56-40-36(50)33(46(9)10)21-25(2)54-40)27(4)35(49)28(5)39(51)55-29(6)43(8)37-26(3)34(24)45-23-47(48(37)41(52)57-43)20-14-15-30-18-19-44-32-17-13-12-16-31(30)32/h12-13,16-19,24-29,33-34,36-38,40,45,50H,14-15,20-23H2,1-11H3/t24-,25-,26-,27+,28-,29+,33+,34?,36-,37?,38-,40?,42+,43-/m1/s1. The molecule has 0 aliphatic carbocycles. The molecule has 4 aliphatic heterocycles. The number of hydrazine groups is 1. The first-order chi connectivity index (χ1) is 26.9. The number of fused-ring (bicyclic) bond motifs is 2. The number of aryl methyl sites for hydroxylation is 1. The number of pyridine rings is 1. The van der Waals surface area contributed by atoms with Gasteiger partial charge in [0.05, 0.1) is 36.0 Å². The number of methoxy groups -OCH3 is 1. The minimum Gasteiger partial charge on any atom is -0.458 e. The topological polar surface area (TPSA) is 152 Å². The number of amides is 1. The lowest BCUT2D eigenvalue weighted by Gasteiger charge is -2.48. The number of hydrogen-bond donors (Lipinski definition) is 2. The lowest BCUT2D eigenvalue weighted by Crippen LogP contribution is -2.61. The Hall–Kier alpha value is -3.24. The minimum atomic E-state index is -1.24. The average Bonchev–Trinajstić information content (AvgIpc) is 3.35. The number of carbonyl (C=O) groups excluding carboxylic acids is 3. The number of likely N-dealkylation sites (N-methyl/N-ethyl adjacent to an activating group) is 1. The molecule has 2 N–H and O–H groups in total. The summed E-state index contributed by atoms with van der Waals surface area (Å²) >= 11 is 0. The Kier molecular flexibility index (Phi) is 13.0. The Morgan fingerprint density at radius 3 is 2.47 bits per heavy atom. The molecule has 2 bridgehead atoms. The molecule has 5 heterocycles. The highest BCUT2D eigenvalue weighted by molar-refractivity contribution is 6.00. The van der Waals surface area contributed by atoms with Gasteiger partial charge in [-0.05, 0) is 104 Å². The molecule has 14 heteroatoms. The predicted molar refractivity (Wildman–Crippen MR) is 214 cm³/mol. The number of nitrogens with one attached hydrogen (secondary N) is 1. The predicted octanol–water partition coefficient (Wildman–Crippen LogP) is 4.56. The van der Waals surface area contributed by atoms with Crippen molar-refractivity contribution >= 4 is 28.7 Å². The number of esters is 1. The van der Waals surface area contributed by atoms with Gasteiger partial charge < -0.3 is 33.7 Å². The van der Waals surface area contributed by atoms with Crippen molar-refractivity contribution in [3.63, 3.8) is 0 Å². The van der Waals surface area contributed by atoms with Crippen molar-refractivity contribution in [2.45, 2.75) is 141 Å². The summed E-state index contributed by atoms with van der Waals surface area (Å²) in [4.78, 5) is 48.8. The van der Waals surface area contributed by atoms with Crippen molar-refractivity contribution in [2.24, 2.45) is 23.7 Å². The molecule has 1 amide bonds. The quantitative estimate of drug-likeness (QED) is 0.284. The van der Waals surface area contributed by atoms with Crippen molar-refractivity contribution < 1.29 is 43.2 Å². The number of aliphatic hydroxyl groups excluding tert-OH is 1. The van der Waals surface area contributed by atoms with Gasteiger partial charge in [0.25, 0.3) is 0 Å². The number of nitrogens with zero attached hydrogens (tertiary/aromatic N) is 4. The zero-order valence-electron chi connectivity index (χ0n) is 35.6. The van der Waals surface area contributed by atoms with Crippen molar-refractivity contribution in [2.75, 3.05) is 34.4 Å². The molecular weight excluding hydrogens is 730 g/mol. The highest BCUT2D eigenvalue weighted by atomic mass is 16.7. The van der Waals surface area contributed by atoms with Crippen LogP contribution in [-0.4, -0.2) is 137 Å². The third-order valence-electron chi connectivity index (χ3n) is 13.6. The number of ether oxygens (including phenoxy) is 5. The van der Waals surface area contributed by atoms with Gasteiger partial charge in [-0.2, -0.15) is 0 Å². The highest BCUT2D eigenvalue weighted by Gasteiger charge is 2.62. The van der Waals surface area contributed by atoms with Gasteiger partial charge in [-0.25, -0.2) is 14.8 Å². The van der Waals surface area contributed by atoms with Crippen LogP contribution in [0.4, 0.5) is 4.79 Å². The monoisotopic (exact) mass is 795 g/mol. The van der Waals surface area contributed by atoms with E-state index < -0.39 is 65.7 Å². The molecule has 4 saturated heterocycles. The molecule has 14 atom stereocenters. The number of Topliss-reactive ketones (excluding diaryl/α,β-unsaturated/α-hetero) is 1. The van der Waals surface area contributed by atoms with Crippen molar-refractivity contribution in [3.05, 3.63) is 42.1 Å². The second kappa shape index (κ2) is 17.2. The molecular formula is C43H65N5O9. The van der Waals surface area contributed by atoms with Crippen LogP contribution >= 0.6 is 0 Å². The third kappa shape index (κ3) is 8.33. The van der Waals surface area contributed by atoms with Crippen molar-refractivity contribution in [1.29, 1.82) is 0 Å². The van der Waals surface area contributed by atoms with Gasteiger partial charge >= 0.3 is 12.1 Å². The lowest BCUT2D eigenvalue weighted by molar-refractivity contribution is -0.295. The fraction of sp³-hybridized carbons (Fsp3) is 0.721. The molecule has 57 heavy (non-hydrogen) atoms. The minimum absolute atomic E-state index is 0.0906. The number of carbonyl (C=O) groups is 3. The number of benzene rings is 1. The Bertz CT molecular complexity index is 1760. The zero-order chi connectivity index (χ0) is 41.6. The summed E-state index contributed by atoms with van der Waals surface area (Å²) in [7, 11) is 5.42. The molecule has 1 aromatic carbocycles. The first-order valence-corrected chi connectivity index (χ1v) is 20.7. The fourth-order valence-electron chi connectivity index (χ4n) is 10.1. The first-order valence-electron chi connectivity index (χ1n) is 20.7. The van der Waals surface area contributed by atoms with Crippen LogP contribution in [-0.2, 0) is 39.7 Å². The fourth-order valence-corrected chi connectivity index (χ4v) is 10.1. The molecule has 2 aromatic rings. The van der Waals surface area contributed by atoms with Gasteiger partial charge in [0, 0.05) is 43.2 Å². The molecule has 3 unspecified atom stereocenters. The maximum atomic E-state index is 14.3. The number of para-hydroxylation sites is 1. The van der Waals surface area contributed by atoms with Gasteiger partial charge in [-0.15, -0.1) is 0 Å². The van der Waals surface area contributed by atoms with E-state index in [0.717, 1.165) is 23.7 Å². The summed E-state index contributed by atoms with van der Waals surface area (Å²) in [5.41, 5.74) is -0.192. The zero-order valence-corrected chi connectivity index (χ0v) is 35.6. The molecule has 0 saturated carbocycles. The molecule has 14 nitrogen and oxygen atoms in total. The molecule has 0 spiro atoms. The molecule has 4 aliphatic rings. The Labute approximate surface area is 337 Å². The lowest BCUT2D eigenvalue weighted by atomic mass is 9.72. The van der Waals surface area contributed by atoms with Crippen LogP contribution in [0.25, 0.3) is 10.9 Å². The summed E-state index contributed by atoms with van der Waals surface area (Å²) in [5, 5.41) is 20.2. The maximum Gasteiger partial charge on any atom is 0.425 e. The van der Waals surface area contributed by atoms with Gasteiger partial charge in [0.2, 0.25) is 0 Å². The molecule has 4 fully saturated rings. The van der Waals surface area contributed by atoms with E-state index in [1.54, 1.807) is 26.0 Å². The van der Waals surface area contributed by atoms with Crippen LogP contribution in [0.15, 0.2) is 36.5 Å². The van der Waals surface area contributed by atoms with Crippen LogP contribution in [0.5, 0.6) is 0 Å². The van der Waals surface area contributed by atoms with Crippen LogP contribution < -0.4 is 5.32 Å². The number of hydrogen-bond acceptors (Lipinski definition) is 13. The Morgan fingerprint density at radius 2 is 1.77 bits per heavy atom. The molecule has 6 rings (SSSR count). The second-order valence-electron chi connectivity index (χ2n) is 17.7. The molecule has 0 radical (unpaired) electrons. The highest BCUT2D eigenvalue weighted by Crippen LogP contribution is 2.45. The number of aromatic nitrogens is 1. The maximum absolute atomic E-state index is 14.3. The van der Waals surface area contributed by atoms with E-state index in [2.05, 4.69) is 30.2 Å². The first kappa shape index (κ1) is 43.3. The van der Waals surface area contributed by atoms with Gasteiger partial charge in [-0.1, -0.05) is 39.0 Å². The van der Waals surface area contributed by atoms with E-state index in [9.17, 15) is 19.5 Å². The van der Waals surface area contributed by atoms with Crippen molar-refractivity contribution in [1.82, 2.24) is 25.2 Å². The van der Waals surface area contributed by atoms with E-state index in [-0.39, 0.29) is 35.8 Å². The normalized spacial score (nSPS) is 39.8. The molecule has 316 valence electrons. The van der Waals surface area contributed by atoms with E-state index in [1.807, 2.05) is 75.2 Å². The Balaban J connectivity index is 1.35. The number of ketones is 1. The van der Waals surface area contributed by atoms with E-state index >= 15 is 0 Å². The molecule has 1 aromatic heterocycles. The number of cyclic esters (lactones) is 1. The van der Waals surface area contributed by atoms with E-state index in [1.165, 1.54) is 12.5 Å². The van der Waals surface area contributed by atoms with Gasteiger partial charge in [0.15, 0.2) is 17.7 Å². The van der Waals surface area contributed by atoms with E-state index in [0.29, 0.717) is 26.1 Å². The number of rotatable bonds is 8. The van der Waals surface area contributed by atoms with Crippen molar-refractivity contribution in [3.8, 4) is 0 Å². The summed E-state index contributed by atoms with van der Waals surface area (Å²) in [6.45, 7) is 15.9. The smallest absolute Gasteiger partial charge is 0.425 e. The Morgan fingerprint density at radius 1 is 1.05 bits per heavy atom. The van der Waals surface area contributed by atoms with Gasteiger partial charge in [0.1, 0.15) is 18.1 Å². The summed E-state index contributed by atoms with van der Waals surface area (Å²) in [6.07, 6.45) is -0.148. The van der Waals surface area contributed by atoms with E-state index in [4.69, 9.17) is 23.7 Å². The largest absolute Gasteiger partial charge is 0.458 e. The SMILES string of the molecule is CO[C@@]1(C)C[C@@H](C)C2NCN(CCCc3ccnc4ccccc34)N3C(=O)O[C@@](C)(C3[C@@H]2C)[C@H](C)OC(=O)[C@H](C)C(=O)[C@H](C)[C@H]1OC1O[C@H](C)C[C@H](N(C)C)[C@H]1O. The van der Waals surface area contributed by atoms with Crippen LogP contribution in [0.1, 0.15) is 80.2 Å².